The van der Waals surface area contributed by atoms with Crippen LogP contribution in [-0.4, -0.2) is 31.3 Å². The first-order valence-corrected chi connectivity index (χ1v) is 5.24. The fourth-order valence-electron chi connectivity index (χ4n) is 1.70. The van der Waals surface area contributed by atoms with Crippen LogP contribution >= 0.6 is 0 Å². The Morgan fingerprint density at radius 3 is 3.33 bits per heavy atom. The molecule has 4 heteroatoms. The molecule has 0 aromatic carbocycles. The number of nitrogens with one attached hydrogen (secondary N) is 1. The molecular formula is C11H16N2O2. The Morgan fingerprint density at radius 1 is 1.67 bits per heavy atom. The van der Waals surface area contributed by atoms with Crippen LogP contribution in [0, 0.1) is 0 Å². The van der Waals surface area contributed by atoms with E-state index in [1.165, 1.54) is 0 Å². The summed E-state index contributed by atoms with van der Waals surface area (Å²) in [5.74, 6) is 1.56. The molecule has 1 aliphatic rings. The maximum absolute atomic E-state index is 5.52. The van der Waals surface area contributed by atoms with E-state index in [0.717, 1.165) is 37.6 Å². The van der Waals surface area contributed by atoms with Gasteiger partial charge in [0.25, 0.3) is 0 Å². The monoisotopic (exact) mass is 208 g/mol. The van der Waals surface area contributed by atoms with Crippen molar-refractivity contribution < 1.29 is 9.47 Å². The van der Waals surface area contributed by atoms with E-state index in [-0.39, 0.29) is 0 Å². The van der Waals surface area contributed by atoms with E-state index < -0.39 is 0 Å². The van der Waals surface area contributed by atoms with Crippen molar-refractivity contribution in [3.8, 4) is 5.75 Å². The molecule has 1 saturated heterocycles. The average molecular weight is 208 g/mol. The third-order valence-electron chi connectivity index (χ3n) is 2.51. The van der Waals surface area contributed by atoms with Crippen molar-refractivity contribution in [2.75, 3.05) is 25.6 Å². The molecule has 2 heterocycles. The Morgan fingerprint density at radius 2 is 2.60 bits per heavy atom. The molecule has 1 fully saturated rings. The number of pyridine rings is 1. The van der Waals surface area contributed by atoms with Gasteiger partial charge >= 0.3 is 0 Å². The molecule has 1 atom stereocenters. The standard InChI is InChI=1S/C11H16N2O2/c1-14-10-5-2-6-12-11(10)13-8-9-4-3-7-15-9/h2,5-6,9H,3-4,7-8H2,1H3,(H,12,13). The number of anilines is 1. The number of rotatable bonds is 4. The predicted octanol–water partition coefficient (Wildman–Crippen LogP) is 1.68. The van der Waals surface area contributed by atoms with Crippen LogP contribution in [0.3, 0.4) is 0 Å². The lowest BCUT2D eigenvalue weighted by atomic mass is 10.2. The zero-order valence-electron chi connectivity index (χ0n) is 8.90. The maximum Gasteiger partial charge on any atom is 0.168 e. The molecule has 82 valence electrons. The van der Waals surface area contributed by atoms with Gasteiger partial charge in [0.15, 0.2) is 11.6 Å². The average Bonchev–Trinajstić information content (AvgIpc) is 2.79. The quantitative estimate of drug-likeness (QED) is 0.817. The molecule has 15 heavy (non-hydrogen) atoms. The highest BCUT2D eigenvalue weighted by Gasteiger charge is 2.15. The van der Waals surface area contributed by atoms with Gasteiger partial charge < -0.3 is 14.8 Å². The van der Waals surface area contributed by atoms with Gasteiger partial charge in [-0.3, -0.25) is 0 Å². The summed E-state index contributed by atoms with van der Waals surface area (Å²) in [6.07, 6.45) is 4.35. The van der Waals surface area contributed by atoms with Crippen LogP contribution in [0.1, 0.15) is 12.8 Å². The van der Waals surface area contributed by atoms with Gasteiger partial charge in [0.05, 0.1) is 13.2 Å². The zero-order chi connectivity index (χ0) is 10.5. The maximum atomic E-state index is 5.52. The van der Waals surface area contributed by atoms with E-state index in [0.29, 0.717) is 6.10 Å². The van der Waals surface area contributed by atoms with Gasteiger partial charge in [-0.2, -0.15) is 0 Å². The first-order valence-electron chi connectivity index (χ1n) is 5.24. The lowest BCUT2D eigenvalue weighted by Gasteiger charge is -2.13. The predicted molar refractivity (Wildman–Crippen MR) is 58.3 cm³/mol. The van der Waals surface area contributed by atoms with Gasteiger partial charge in [-0.1, -0.05) is 0 Å². The van der Waals surface area contributed by atoms with E-state index in [4.69, 9.17) is 9.47 Å². The van der Waals surface area contributed by atoms with E-state index in [1.807, 2.05) is 12.1 Å². The largest absolute Gasteiger partial charge is 0.493 e. The summed E-state index contributed by atoms with van der Waals surface area (Å²) in [7, 11) is 1.65. The van der Waals surface area contributed by atoms with E-state index >= 15 is 0 Å². The number of ether oxygens (including phenoxy) is 2. The highest BCUT2D eigenvalue weighted by Crippen LogP contribution is 2.21. The summed E-state index contributed by atoms with van der Waals surface area (Å²) in [4.78, 5) is 4.22. The van der Waals surface area contributed by atoms with Gasteiger partial charge in [0.1, 0.15) is 0 Å². The van der Waals surface area contributed by atoms with Crippen molar-refractivity contribution in [2.45, 2.75) is 18.9 Å². The molecule has 2 rings (SSSR count). The molecule has 0 amide bonds. The molecule has 0 aliphatic carbocycles. The van der Waals surface area contributed by atoms with Gasteiger partial charge in [-0.05, 0) is 25.0 Å². The topological polar surface area (TPSA) is 43.4 Å². The van der Waals surface area contributed by atoms with Gasteiger partial charge in [0.2, 0.25) is 0 Å². The van der Waals surface area contributed by atoms with Crippen molar-refractivity contribution in [1.82, 2.24) is 4.98 Å². The van der Waals surface area contributed by atoms with E-state index in [2.05, 4.69) is 10.3 Å². The van der Waals surface area contributed by atoms with Crippen molar-refractivity contribution >= 4 is 5.82 Å². The Balaban J connectivity index is 1.91. The van der Waals surface area contributed by atoms with Crippen LogP contribution in [0.15, 0.2) is 18.3 Å². The van der Waals surface area contributed by atoms with Crippen molar-refractivity contribution in [3.05, 3.63) is 18.3 Å². The van der Waals surface area contributed by atoms with Gasteiger partial charge in [-0.25, -0.2) is 4.98 Å². The van der Waals surface area contributed by atoms with Crippen LogP contribution in [-0.2, 0) is 4.74 Å². The minimum absolute atomic E-state index is 0.316. The lowest BCUT2D eigenvalue weighted by Crippen LogP contribution is -2.19. The van der Waals surface area contributed by atoms with Crippen molar-refractivity contribution in [2.24, 2.45) is 0 Å². The molecule has 0 spiro atoms. The molecule has 1 unspecified atom stereocenters. The summed E-state index contributed by atoms with van der Waals surface area (Å²) < 4.78 is 10.7. The number of aromatic nitrogens is 1. The molecule has 1 aromatic rings. The van der Waals surface area contributed by atoms with Gasteiger partial charge in [0, 0.05) is 19.3 Å². The summed E-state index contributed by atoms with van der Waals surface area (Å²) in [6.45, 7) is 1.68. The Labute approximate surface area is 89.6 Å². The second-order valence-corrected chi connectivity index (χ2v) is 3.57. The summed E-state index contributed by atoms with van der Waals surface area (Å²) in [5, 5.41) is 3.24. The molecule has 0 bridgehead atoms. The second kappa shape index (κ2) is 4.98. The normalized spacial score (nSPS) is 20.2. The van der Waals surface area contributed by atoms with E-state index in [1.54, 1.807) is 13.3 Å². The molecule has 1 aromatic heterocycles. The summed E-state index contributed by atoms with van der Waals surface area (Å²) >= 11 is 0. The highest BCUT2D eigenvalue weighted by molar-refractivity contribution is 5.49. The third-order valence-corrected chi connectivity index (χ3v) is 2.51. The molecule has 4 nitrogen and oxygen atoms in total. The van der Waals surface area contributed by atoms with Crippen LogP contribution < -0.4 is 10.1 Å². The van der Waals surface area contributed by atoms with Crippen LogP contribution in [0.5, 0.6) is 5.75 Å². The van der Waals surface area contributed by atoms with Crippen LogP contribution in [0.4, 0.5) is 5.82 Å². The number of hydrogen-bond acceptors (Lipinski definition) is 4. The first kappa shape index (κ1) is 10.2. The zero-order valence-corrected chi connectivity index (χ0v) is 8.90. The molecule has 1 aliphatic heterocycles. The fraction of sp³-hybridized carbons (Fsp3) is 0.545. The number of methoxy groups -OCH3 is 1. The lowest BCUT2D eigenvalue weighted by molar-refractivity contribution is 0.120. The number of hydrogen-bond donors (Lipinski definition) is 1. The van der Waals surface area contributed by atoms with Crippen LogP contribution in [0.25, 0.3) is 0 Å². The van der Waals surface area contributed by atoms with Crippen molar-refractivity contribution in [3.63, 3.8) is 0 Å². The second-order valence-electron chi connectivity index (χ2n) is 3.57. The smallest absolute Gasteiger partial charge is 0.168 e. The highest BCUT2D eigenvalue weighted by atomic mass is 16.5. The minimum Gasteiger partial charge on any atom is -0.493 e. The van der Waals surface area contributed by atoms with Crippen LogP contribution in [0.2, 0.25) is 0 Å². The fourth-order valence-corrected chi connectivity index (χ4v) is 1.70. The first-order chi connectivity index (χ1) is 7.40. The summed E-state index contributed by atoms with van der Waals surface area (Å²) in [5.41, 5.74) is 0. The van der Waals surface area contributed by atoms with E-state index in [9.17, 15) is 0 Å². The third kappa shape index (κ3) is 2.59. The Bertz CT molecular complexity index is 311. The Kier molecular flexibility index (Phi) is 3.40. The minimum atomic E-state index is 0.316. The number of nitrogens with zero attached hydrogens (tertiary/aromatic N) is 1. The SMILES string of the molecule is COc1cccnc1NCC1CCCO1. The van der Waals surface area contributed by atoms with Crippen molar-refractivity contribution in [1.29, 1.82) is 0 Å². The van der Waals surface area contributed by atoms with Gasteiger partial charge in [-0.15, -0.1) is 0 Å². The molecule has 0 saturated carbocycles. The molecule has 0 radical (unpaired) electrons. The Hall–Kier alpha value is -1.29. The molecular weight excluding hydrogens is 192 g/mol. The molecule has 1 N–H and O–H groups in total. The summed E-state index contributed by atoms with van der Waals surface area (Å²) in [6, 6.07) is 3.75.